The van der Waals surface area contributed by atoms with Gasteiger partial charge in [0.1, 0.15) is 0 Å². The largest absolute Gasteiger partial charge is 0.440 e. The summed E-state index contributed by atoms with van der Waals surface area (Å²) >= 11 is 1.09. The van der Waals surface area contributed by atoms with Gasteiger partial charge in [-0.05, 0) is 25.6 Å². The van der Waals surface area contributed by atoms with Gasteiger partial charge in [0.15, 0.2) is 11.7 Å². The van der Waals surface area contributed by atoms with Gasteiger partial charge < -0.3 is 9.73 Å². The average molecular weight is 281 g/mol. The summed E-state index contributed by atoms with van der Waals surface area (Å²) in [5.74, 6) is 1.26. The zero-order chi connectivity index (χ0) is 13.7. The smallest absolute Gasteiger partial charge is 0.324 e. The van der Waals surface area contributed by atoms with Crippen molar-refractivity contribution in [2.24, 2.45) is 0 Å². The Morgan fingerprint density at radius 2 is 2.37 bits per heavy atom. The van der Waals surface area contributed by atoms with Crippen LogP contribution < -0.4 is 5.32 Å². The normalized spacial score (nSPS) is 10.8. The number of nitrogens with zero attached hydrogens (tertiary/aromatic N) is 2. The van der Waals surface area contributed by atoms with Crippen molar-refractivity contribution in [1.29, 1.82) is 0 Å². The highest BCUT2D eigenvalue weighted by Gasteiger charge is 2.14. The molecule has 0 radical (unpaired) electrons. The Hall–Kier alpha value is -1.73. The molecule has 1 N–H and O–H groups in total. The van der Waals surface area contributed by atoms with Crippen LogP contribution in [0.25, 0.3) is 10.6 Å². The molecule has 102 valence electrons. The predicted octanol–water partition coefficient (Wildman–Crippen LogP) is 2.85. The van der Waals surface area contributed by atoms with E-state index < -0.39 is 4.92 Å². The lowest BCUT2D eigenvalue weighted by Gasteiger charge is -1.98. The molecule has 2 rings (SSSR count). The summed E-state index contributed by atoms with van der Waals surface area (Å²) in [6.07, 6.45) is 3.34. The van der Waals surface area contributed by atoms with Crippen LogP contribution in [0.3, 0.4) is 0 Å². The molecule has 6 nitrogen and oxygen atoms in total. The molecule has 0 saturated heterocycles. The van der Waals surface area contributed by atoms with Gasteiger partial charge in [-0.1, -0.05) is 18.3 Å². The second-order valence-corrected chi connectivity index (χ2v) is 5.03. The molecule has 0 spiro atoms. The third-order valence-electron chi connectivity index (χ3n) is 2.56. The van der Waals surface area contributed by atoms with Gasteiger partial charge in [0.05, 0.1) is 16.0 Å². The lowest BCUT2D eigenvalue weighted by Crippen LogP contribution is -2.14. The first-order valence-electron chi connectivity index (χ1n) is 6.10. The SMILES string of the molecule is CCNCCCc1ncc(-c2ccc([N+](=O)[O-])s2)o1. The number of nitro groups is 1. The van der Waals surface area contributed by atoms with Crippen LogP contribution in [-0.2, 0) is 6.42 Å². The molecule has 0 aliphatic rings. The standard InChI is InChI=1S/C12H15N3O3S/c1-2-13-7-3-4-11-14-8-9(18-11)10-5-6-12(19-10)15(16)17/h5-6,8,13H,2-4,7H2,1H3. The Morgan fingerprint density at radius 3 is 3.05 bits per heavy atom. The van der Waals surface area contributed by atoms with Gasteiger partial charge >= 0.3 is 5.00 Å². The minimum absolute atomic E-state index is 0.111. The molecule has 0 aliphatic heterocycles. The van der Waals surface area contributed by atoms with E-state index in [1.54, 1.807) is 12.3 Å². The van der Waals surface area contributed by atoms with Gasteiger partial charge in [-0.3, -0.25) is 10.1 Å². The minimum Gasteiger partial charge on any atom is -0.440 e. The molecule has 0 aromatic carbocycles. The van der Waals surface area contributed by atoms with Crippen LogP contribution in [0.5, 0.6) is 0 Å². The average Bonchev–Trinajstić information content (AvgIpc) is 3.03. The van der Waals surface area contributed by atoms with E-state index in [9.17, 15) is 10.1 Å². The Bertz CT molecular complexity index is 550. The maximum Gasteiger partial charge on any atom is 0.324 e. The molecule has 0 bridgehead atoms. The molecule has 0 saturated carbocycles. The highest BCUT2D eigenvalue weighted by molar-refractivity contribution is 7.18. The van der Waals surface area contributed by atoms with E-state index in [4.69, 9.17) is 4.42 Å². The van der Waals surface area contributed by atoms with Crippen molar-refractivity contribution < 1.29 is 9.34 Å². The van der Waals surface area contributed by atoms with E-state index >= 15 is 0 Å². The van der Waals surface area contributed by atoms with Gasteiger partial charge in [-0.2, -0.15) is 0 Å². The zero-order valence-electron chi connectivity index (χ0n) is 10.6. The Labute approximate surface area is 114 Å². The molecule has 0 aliphatic carbocycles. The van der Waals surface area contributed by atoms with E-state index in [1.807, 2.05) is 0 Å². The van der Waals surface area contributed by atoms with Crippen LogP contribution in [0.1, 0.15) is 19.2 Å². The number of oxazole rings is 1. The second kappa shape index (κ2) is 6.44. The summed E-state index contributed by atoms with van der Waals surface area (Å²) in [7, 11) is 0. The lowest BCUT2D eigenvalue weighted by atomic mass is 10.3. The molecule has 0 unspecified atom stereocenters. The summed E-state index contributed by atoms with van der Waals surface area (Å²) in [6.45, 7) is 3.95. The maximum absolute atomic E-state index is 10.6. The van der Waals surface area contributed by atoms with Crippen molar-refractivity contribution >= 4 is 16.3 Å². The van der Waals surface area contributed by atoms with Crippen LogP contribution in [0.15, 0.2) is 22.7 Å². The van der Waals surface area contributed by atoms with Crippen LogP contribution in [-0.4, -0.2) is 23.0 Å². The van der Waals surface area contributed by atoms with Gasteiger partial charge in [-0.15, -0.1) is 0 Å². The number of hydrogen-bond acceptors (Lipinski definition) is 6. The van der Waals surface area contributed by atoms with Crippen molar-refractivity contribution in [2.75, 3.05) is 13.1 Å². The Balaban J connectivity index is 1.97. The predicted molar refractivity (Wildman–Crippen MR) is 73.3 cm³/mol. The third-order valence-corrected chi connectivity index (χ3v) is 3.61. The van der Waals surface area contributed by atoms with E-state index in [0.717, 1.165) is 42.1 Å². The number of thiophene rings is 1. The molecule has 19 heavy (non-hydrogen) atoms. The molecule has 2 heterocycles. The second-order valence-electron chi connectivity index (χ2n) is 3.97. The lowest BCUT2D eigenvalue weighted by molar-refractivity contribution is -0.380. The monoisotopic (exact) mass is 281 g/mol. The molecule has 0 atom stereocenters. The van der Waals surface area contributed by atoms with Crippen LogP contribution in [0.4, 0.5) is 5.00 Å². The van der Waals surface area contributed by atoms with Crippen LogP contribution in [0, 0.1) is 10.1 Å². The molecular weight excluding hydrogens is 266 g/mol. The first kappa shape index (κ1) is 13.7. The number of nitrogens with one attached hydrogen (secondary N) is 1. The fourth-order valence-corrected chi connectivity index (χ4v) is 2.41. The van der Waals surface area contributed by atoms with E-state index in [-0.39, 0.29) is 5.00 Å². The summed E-state index contributed by atoms with van der Waals surface area (Å²) < 4.78 is 5.59. The Kier molecular flexibility index (Phi) is 4.64. The molecular formula is C12H15N3O3S. The fraction of sp³-hybridized carbons (Fsp3) is 0.417. The Morgan fingerprint density at radius 1 is 1.53 bits per heavy atom. The molecule has 2 aromatic rings. The van der Waals surface area contributed by atoms with Crippen LogP contribution >= 0.6 is 11.3 Å². The number of rotatable bonds is 7. The molecule has 7 heteroatoms. The molecule has 0 fully saturated rings. The van der Waals surface area contributed by atoms with Gasteiger partial charge in [0.25, 0.3) is 0 Å². The first-order chi connectivity index (χ1) is 9.20. The highest BCUT2D eigenvalue weighted by atomic mass is 32.1. The van der Waals surface area contributed by atoms with Crippen molar-refractivity contribution in [3.63, 3.8) is 0 Å². The maximum atomic E-state index is 10.6. The van der Waals surface area contributed by atoms with E-state index in [1.165, 1.54) is 6.07 Å². The molecule has 0 amide bonds. The topological polar surface area (TPSA) is 81.2 Å². The number of aromatic nitrogens is 1. The summed E-state index contributed by atoms with van der Waals surface area (Å²) in [4.78, 5) is 15.1. The van der Waals surface area contributed by atoms with Gasteiger partial charge in [0.2, 0.25) is 0 Å². The zero-order valence-corrected chi connectivity index (χ0v) is 11.4. The minimum atomic E-state index is -0.401. The van der Waals surface area contributed by atoms with E-state index in [2.05, 4.69) is 17.2 Å². The summed E-state index contributed by atoms with van der Waals surface area (Å²) in [6, 6.07) is 3.17. The number of hydrogen-bond donors (Lipinski definition) is 1. The van der Waals surface area contributed by atoms with Crippen LogP contribution in [0.2, 0.25) is 0 Å². The quantitative estimate of drug-likeness (QED) is 0.479. The number of aryl methyl sites for hydroxylation is 1. The first-order valence-corrected chi connectivity index (χ1v) is 6.92. The van der Waals surface area contributed by atoms with E-state index in [0.29, 0.717) is 11.7 Å². The summed E-state index contributed by atoms with van der Waals surface area (Å²) in [5.41, 5.74) is 0. The van der Waals surface area contributed by atoms with Gasteiger partial charge in [-0.25, -0.2) is 4.98 Å². The van der Waals surface area contributed by atoms with Gasteiger partial charge in [0, 0.05) is 12.5 Å². The van der Waals surface area contributed by atoms with Crippen molar-refractivity contribution in [1.82, 2.24) is 10.3 Å². The fourth-order valence-electron chi connectivity index (χ4n) is 1.64. The van der Waals surface area contributed by atoms with Crippen molar-refractivity contribution in [3.8, 4) is 10.6 Å². The highest BCUT2D eigenvalue weighted by Crippen LogP contribution is 2.32. The third kappa shape index (κ3) is 3.62. The van der Waals surface area contributed by atoms with Crippen molar-refractivity contribution in [2.45, 2.75) is 19.8 Å². The summed E-state index contributed by atoms with van der Waals surface area (Å²) in [5, 5.41) is 14.0. The molecule has 2 aromatic heterocycles. The van der Waals surface area contributed by atoms with Crippen molar-refractivity contribution in [3.05, 3.63) is 34.3 Å².